The zero-order valence-corrected chi connectivity index (χ0v) is 16.6. The van der Waals surface area contributed by atoms with E-state index in [4.69, 9.17) is 9.84 Å². The summed E-state index contributed by atoms with van der Waals surface area (Å²) in [7, 11) is 1.61. The molecule has 0 amide bonds. The number of carboxylic acids is 1. The molecule has 0 spiro atoms. The van der Waals surface area contributed by atoms with E-state index in [1.807, 2.05) is 31.2 Å². The van der Waals surface area contributed by atoms with Crippen molar-refractivity contribution in [3.63, 3.8) is 0 Å². The van der Waals surface area contributed by atoms with Crippen molar-refractivity contribution >= 4 is 17.6 Å². The van der Waals surface area contributed by atoms with Crippen LogP contribution < -0.4 is 10.1 Å². The molecule has 0 aliphatic rings. The Morgan fingerprint density at radius 1 is 1.21 bits per heavy atom. The molecular weight excluding hydrogens is 356 g/mol. The maximum Gasteiger partial charge on any atom is 0.339 e. The normalized spacial score (nSPS) is 11.3. The number of methoxy groups -OCH3 is 1. The van der Waals surface area contributed by atoms with Gasteiger partial charge in [0, 0.05) is 17.7 Å². The van der Waals surface area contributed by atoms with Crippen molar-refractivity contribution in [2.45, 2.75) is 33.1 Å². The topological polar surface area (TPSA) is 89.3 Å². The minimum atomic E-state index is -1.05. The van der Waals surface area contributed by atoms with Crippen LogP contribution in [0.2, 0.25) is 0 Å². The third-order valence-corrected chi connectivity index (χ3v) is 4.32. The van der Waals surface area contributed by atoms with Gasteiger partial charge in [0.1, 0.15) is 28.6 Å². The van der Waals surface area contributed by atoms with Crippen molar-refractivity contribution in [3.05, 3.63) is 59.4 Å². The predicted molar refractivity (Wildman–Crippen MR) is 108 cm³/mol. The highest BCUT2D eigenvalue weighted by Gasteiger charge is 2.23. The first-order valence-corrected chi connectivity index (χ1v) is 8.91. The molecule has 3 rings (SSSR count). The van der Waals surface area contributed by atoms with Crippen LogP contribution in [0.1, 0.15) is 42.4 Å². The van der Waals surface area contributed by atoms with Crippen LogP contribution in [-0.4, -0.2) is 33.0 Å². The van der Waals surface area contributed by atoms with Crippen molar-refractivity contribution in [1.29, 1.82) is 0 Å². The van der Waals surface area contributed by atoms with Gasteiger partial charge in [-0.2, -0.15) is 5.10 Å². The number of benzene rings is 1. The van der Waals surface area contributed by atoms with Crippen molar-refractivity contribution in [1.82, 2.24) is 14.8 Å². The summed E-state index contributed by atoms with van der Waals surface area (Å²) in [4.78, 5) is 15.8. The molecule has 0 aliphatic heterocycles. The molecule has 0 unspecified atom stereocenters. The Hall–Kier alpha value is -3.35. The first-order valence-electron chi connectivity index (χ1n) is 8.91. The number of hydrogen-bond acceptors (Lipinski definition) is 5. The van der Waals surface area contributed by atoms with E-state index in [2.05, 4.69) is 31.1 Å². The number of rotatable bonds is 5. The Morgan fingerprint density at radius 2 is 1.96 bits per heavy atom. The molecule has 2 heterocycles. The summed E-state index contributed by atoms with van der Waals surface area (Å²) < 4.78 is 7.25. The van der Waals surface area contributed by atoms with Gasteiger partial charge in [0.15, 0.2) is 0 Å². The zero-order valence-electron chi connectivity index (χ0n) is 16.6. The van der Waals surface area contributed by atoms with E-state index in [0.717, 1.165) is 16.9 Å². The van der Waals surface area contributed by atoms with E-state index >= 15 is 0 Å². The van der Waals surface area contributed by atoms with Gasteiger partial charge >= 0.3 is 5.97 Å². The number of nitrogens with zero attached hydrogens (tertiary/aromatic N) is 3. The molecule has 2 N–H and O–H groups in total. The standard InChI is InChI=1S/C21H24N4O3/c1-13-8-9-16(28-5)15(11-13)25-18(12-17(24-25)21(2,3)4)23-19-14(20(26)27)7-6-10-22-19/h6-12H,1-5H3,(H,22,23)(H,26,27). The Labute approximate surface area is 164 Å². The lowest BCUT2D eigenvalue weighted by Crippen LogP contribution is -2.13. The highest BCUT2D eigenvalue weighted by atomic mass is 16.5. The second kappa shape index (κ2) is 7.34. The molecule has 0 radical (unpaired) electrons. The average molecular weight is 380 g/mol. The third-order valence-electron chi connectivity index (χ3n) is 4.32. The highest BCUT2D eigenvalue weighted by molar-refractivity contribution is 5.93. The minimum absolute atomic E-state index is 0.0868. The summed E-state index contributed by atoms with van der Waals surface area (Å²) in [6.45, 7) is 8.20. The molecule has 28 heavy (non-hydrogen) atoms. The molecule has 0 bridgehead atoms. The van der Waals surface area contributed by atoms with Gasteiger partial charge in [-0.1, -0.05) is 26.8 Å². The van der Waals surface area contributed by atoms with Crippen LogP contribution >= 0.6 is 0 Å². The maximum absolute atomic E-state index is 11.6. The monoisotopic (exact) mass is 380 g/mol. The molecule has 3 aromatic rings. The molecular formula is C21H24N4O3. The maximum atomic E-state index is 11.6. The number of aryl methyl sites for hydroxylation is 1. The first kappa shape index (κ1) is 19.4. The van der Waals surface area contributed by atoms with Gasteiger partial charge in [-0.25, -0.2) is 14.5 Å². The second-order valence-electron chi connectivity index (χ2n) is 7.58. The fourth-order valence-electron chi connectivity index (χ4n) is 2.78. The molecule has 0 saturated heterocycles. The first-order chi connectivity index (χ1) is 13.2. The molecule has 0 saturated carbocycles. The molecule has 0 aliphatic carbocycles. The lowest BCUT2D eigenvalue weighted by molar-refractivity contribution is 0.0697. The van der Waals surface area contributed by atoms with Crippen molar-refractivity contribution in [2.75, 3.05) is 12.4 Å². The number of hydrogen-bond donors (Lipinski definition) is 2. The van der Waals surface area contributed by atoms with Crippen LogP contribution in [0.4, 0.5) is 11.6 Å². The smallest absolute Gasteiger partial charge is 0.339 e. The number of ether oxygens (including phenoxy) is 1. The molecule has 146 valence electrons. The van der Waals surface area contributed by atoms with Gasteiger partial charge in [0.25, 0.3) is 0 Å². The molecule has 2 aromatic heterocycles. The number of aromatic carboxylic acids is 1. The van der Waals surface area contributed by atoms with Gasteiger partial charge in [-0.05, 0) is 36.8 Å². The van der Waals surface area contributed by atoms with E-state index < -0.39 is 5.97 Å². The lowest BCUT2D eigenvalue weighted by atomic mass is 9.92. The number of carbonyl (C=O) groups is 1. The van der Waals surface area contributed by atoms with Gasteiger partial charge in [0.05, 0.1) is 12.8 Å². The quantitative estimate of drug-likeness (QED) is 0.685. The SMILES string of the molecule is COc1ccc(C)cc1-n1nc(C(C)(C)C)cc1Nc1ncccc1C(=O)O. The fourth-order valence-corrected chi connectivity index (χ4v) is 2.78. The average Bonchev–Trinajstić information content (AvgIpc) is 3.06. The van der Waals surface area contributed by atoms with E-state index in [1.54, 1.807) is 24.1 Å². The van der Waals surface area contributed by atoms with Gasteiger partial charge in [-0.3, -0.25) is 0 Å². The fraction of sp³-hybridized carbons (Fsp3) is 0.286. The van der Waals surface area contributed by atoms with Crippen LogP contribution in [0.3, 0.4) is 0 Å². The van der Waals surface area contributed by atoms with Crippen molar-refractivity contribution in [2.24, 2.45) is 0 Å². The van der Waals surface area contributed by atoms with Crippen LogP contribution in [0.25, 0.3) is 5.69 Å². The van der Waals surface area contributed by atoms with E-state index in [0.29, 0.717) is 11.6 Å². The third kappa shape index (κ3) is 3.83. The Kier molecular flexibility index (Phi) is 5.09. The Morgan fingerprint density at radius 3 is 2.61 bits per heavy atom. The van der Waals surface area contributed by atoms with E-state index in [9.17, 15) is 9.90 Å². The molecule has 0 atom stereocenters. The second-order valence-corrected chi connectivity index (χ2v) is 7.58. The summed E-state index contributed by atoms with van der Waals surface area (Å²) in [5.74, 6) is 0.473. The van der Waals surface area contributed by atoms with E-state index in [1.165, 1.54) is 6.07 Å². The summed E-state index contributed by atoms with van der Waals surface area (Å²) in [5.41, 5.74) is 2.56. The predicted octanol–water partition coefficient (Wildman–Crippen LogP) is 4.32. The summed E-state index contributed by atoms with van der Waals surface area (Å²) in [5, 5.41) is 17.4. The van der Waals surface area contributed by atoms with Gasteiger partial charge < -0.3 is 15.2 Å². The summed E-state index contributed by atoms with van der Waals surface area (Å²) >= 11 is 0. The van der Waals surface area contributed by atoms with E-state index in [-0.39, 0.29) is 16.8 Å². The molecule has 7 nitrogen and oxygen atoms in total. The Bertz CT molecular complexity index is 1020. The Balaban J connectivity index is 2.18. The van der Waals surface area contributed by atoms with Crippen molar-refractivity contribution < 1.29 is 14.6 Å². The van der Waals surface area contributed by atoms with Gasteiger partial charge in [0.2, 0.25) is 0 Å². The molecule has 0 fully saturated rings. The van der Waals surface area contributed by atoms with Crippen LogP contribution in [0.15, 0.2) is 42.6 Å². The largest absolute Gasteiger partial charge is 0.494 e. The number of aromatic nitrogens is 3. The van der Waals surface area contributed by atoms with Crippen LogP contribution in [0.5, 0.6) is 5.75 Å². The van der Waals surface area contributed by atoms with Crippen LogP contribution in [-0.2, 0) is 5.41 Å². The number of anilines is 2. The minimum Gasteiger partial charge on any atom is -0.494 e. The number of pyridine rings is 1. The molecule has 1 aromatic carbocycles. The summed E-state index contributed by atoms with van der Waals surface area (Å²) in [6.07, 6.45) is 1.55. The highest BCUT2D eigenvalue weighted by Crippen LogP contribution is 2.32. The van der Waals surface area contributed by atoms with Gasteiger partial charge in [-0.15, -0.1) is 0 Å². The van der Waals surface area contributed by atoms with Crippen LogP contribution in [0, 0.1) is 6.92 Å². The zero-order chi connectivity index (χ0) is 20.5. The number of carboxylic acid groups (broad SMARTS) is 1. The molecule has 7 heteroatoms. The number of nitrogens with one attached hydrogen (secondary N) is 1. The van der Waals surface area contributed by atoms with Crippen molar-refractivity contribution in [3.8, 4) is 11.4 Å². The lowest BCUT2D eigenvalue weighted by Gasteiger charge is -2.15. The summed E-state index contributed by atoms with van der Waals surface area (Å²) in [6, 6.07) is 10.8.